The van der Waals surface area contributed by atoms with Crippen molar-refractivity contribution >= 4 is 23.0 Å². The Morgan fingerprint density at radius 1 is 1.61 bits per heavy atom. The zero-order valence-corrected chi connectivity index (χ0v) is 11.0. The molecule has 0 atom stereocenters. The normalized spacial score (nSPS) is 10.2. The van der Waals surface area contributed by atoms with Crippen LogP contribution in [0.25, 0.3) is 0 Å². The molecule has 0 aromatic heterocycles. The lowest BCUT2D eigenvalue weighted by Gasteiger charge is -2.12. The van der Waals surface area contributed by atoms with Crippen molar-refractivity contribution in [3.63, 3.8) is 0 Å². The maximum atomic E-state index is 11.1. The minimum atomic E-state index is -0.475. The fraction of sp³-hybridized carbons (Fsp3) is 0.333. The number of anilines is 1. The predicted octanol–water partition coefficient (Wildman–Crippen LogP) is 3.55. The molecule has 0 heterocycles. The number of hydrogen-bond acceptors (Lipinski definition) is 4. The van der Waals surface area contributed by atoms with Crippen molar-refractivity contribution in [2.24, 2.45) is 0 Å². The summed E-state index contributed by atoms with van der Waals surface area (Å²) >= 11 is 5.63. The number of nitro benzene ring substituents is 1. The first-order chi connectivity index (χ1) is 8.41. The van der Waals surface area contributed by atoms with Gasteiger partial charge in [0, 0.05) is 5.03 Å². The molecular formula is C12H15ClN2O3. The largest absolute Gasteiger partial charge is 0.484 e. The van der Waals surface area contributed by atoms with Gasteiger partial charge in [0.25, 0.3) is 0 Å². The van der Waals surface area contributed by atoms with E-state index in [2.05, 4.69) is 11.9 Å². The standard InChI is InChI=1S/C12H15ClN2O3/c1-8(2)18-11-6-4-5-10(12(11)15(16)17)14-7-9(3)13/h4-6,8,14H,3,7H2,1-2H3. The molecule has 1 N–H and O–H groups in total. The van der Waals surface area contributed by atoms with Gasteiger partial charge in [0.2, 0.25) is 0 Å². The summed E-state index contributed by atoms with van der Waals surface area (Å²) in [5.41, 5.74) is 0.268. The second-order valence-electron chi connectivity index (χ2n) is 3.95. The van der Waals surface area contributed by atoms with E-state index in [0.29, 0.717) is 10.7 Å². The molecule has 0 unspecified atom stereocenters. The van der Waals surface area contributed by atoms with Crippen molar-refractivity contribution in [2.75, 3.05) is 11.9 Å². The maximum absolute atomic E-state index is 11.1. The average molecular weight is 271 g/mol. The first kappa shape index (κ1) is 14.3. The quantitative estimate of drug-likeness (QED) is 0.634. The lowest BCUT2D eigenvalue weighted by Crippen LogP contribution is -2.09. The molecule has 0 fully saturated rings. The van der Waals surface area contributed by atoms with E-state index in [4.69, 9.17) is 16.3 Å². The van der Waals surface area contributed by atoms with Gasteiger partial charge in [0.1, 0.15) is 5.69 Å². The van der Waals surface area contributed by atoms with Crippen LogP contribution in [0, 0.1) is 10.1 Å². The van der Waals surface area contributed by atoms with E-state index < -0.39 is 4.92 Å². The molecule has 98 valence electrons. The van der Waals surface area contributed by atoms with Gasteiger partial charge in [-0.3, -0.25) is 10.1 Å². The van der Waals surface area contributed by atoms with E-state index in [-0.39, 0.29) is 24.1 Å². The van der Waals surface area contributed by atoms with Gasteiger partial charge in [0.05, 0.1) is 17.6 Å². The highest BCUT2D eigenvalue weighted by Gasteiger charge is 2.21. The van der Waals surface area contributed by atoms with Gasteiger partial charge in [-0.25, -0.2) is 0 Å². The smallest absolute Gasteiger partial charge is 0.333 e. The van der Waals surface area contributed by atoms with Crippen LogP contribution in [0.15, 0.2) is 29.8 Å². The maximum Gasteiger partial charge on any atom is 0.333 e. The van der Waals surface area contributed by atoms with Crippen LogP contribution in [-0.4, -0.2) is 17.6 Å². The van der Waals surface area contributed by atoms with Crippen molar-refractivity contribution in [1.29, 1.82) is 0 Å². The Morgan fingerprint density at radius 2 is 2.28 bits per heavy atom. The summed E-state index contributed by atoms with van der Waals surface area (Å²) in [6.07, 6.45) is -0.137. The van der Waals surface area contributed by atoms with E-state index in [1.54, 1.807) is 18.2 Å². The van der Waals surface area contributed by atoms with Gasteiger partial charge in [-0.15, -0.1) is 0 Å². The first-order valence-electron chi connectivity index (χ1n) is 5.43. The minimum Gasteiger partial charge on any atom is -0.484 e. The van der Waals surface area contributed by atoms with E-state index in [9.17, 15) is 10.1 Å². The van der Waals surface area contributed by atoms with E-state index in [0.717, 1.165) is 0 Å². The number of hydrogen-bond donors (Lipinski definition) is 1. The summed E-state index contributed by atoms with van der Waals surface area (Å²) in [6.45, 7) is 7.39. The molecule has 0 saturated carbocycles. The van der Waals surface area contributed by atoms with Gasteiger partial charge in [-0.1, -0.05) is 24.2 Å². The molecular weight excluding hydrogens is 256 g/mol. The third-order valence-corrected chi connectivity index (χ3v) is 2.15. The van der Waals surface area contributed by atoms with Gasteiger partial charge in [-0.2, -0.15) is 0 Å². The van der Waals surface area contributed by atoms with E-state index in [1.807, 2.05) is 13.8 Å². The Morgan fingerprint density at radius 3 is 2.78 bits per heavy atom. The van der Waals surface area contributed by atoms with Gasteiger partial charge in [0.15, 0.2) is 5.75 Å². The number of para-hydroxylation sites is 1. The molecule has 0 bridgehead atoms. The van der Waals surface area contributed by atoms with Gasteiger partial charge < -0.3 is 10.1 Å². The molecule has 0 saturated heterocycles. The van der Waals surface area contributed by atoms with Crippen molar-refractivity contribution in [3.8, 4) is 5.75 Å². The predicted molar refractivity (Wildman–Crippen MR) is 72.3 cm³/mol. The molecule has 1 aromatic rings. The number of rotatable bonds is 6. The number of nitrogens with zero attached hydrogens (tertiary/aromatic N) is 1. The van der Waals surface area contributed by atoms with Crippen LogP contribution in [0.4, 0.5) is 11.4 Å². The van der Waals surface area contributed by atoms with Crippen molar-refractivity contribution in [1.82, 2.24) is 0 Å². The Balaban J connectivity index is 3.09. The third-order valence-electron chi connectivity index (χ3n) is 2.01. The van der Waals surface area contributed by atoms with Crippen LogP contribution in [0.1, 0.15) is 13.8 Å². The Bertz CT molecular complexity index is 461. The van der Waals surface area contributed by atoms with Crippen molar-refractivity contribution in [3.05, 3.63) is 39.9 Å². The molecule has 0 aliphatic carbocycles. The monoisotopic (exact) mass is 270 g/mol. The topological polar surface area (TPSA) is 64.4 Å². The lowest BCUT2D eigenvalue weighted by atomic mass is 10.2. The average Bonchev–Trinajstić information content (AvgIpc) is 2.25. The highest BCUT2D eigenvalue weighted by atomic mass is 35.5. The summed E-state index contributed by atoms with van der Waals surface area (Å²) in [5, 5.41) is 14.3. The highest BCUT2D eigenvalue weighted by Crippen LogP contribution is 2.35. The van der Waals surface area contributed by atoms with E-state index >= 15 is 0 Å². The Kier molecular flexibility index (Phi) is 4.97. The van der Waals surface area contributed by atoms with Crippen LogP contribution in [0.3, 0.4) is 0 Å². The summed E-state index contributed by atoms with van der Waals surface area (Å²) in [5.74, 6) is 0.236. The van der Waals surface area contributed by atoms with Crippen LogP contribution in [0.5, 0.6) is 5.75 Å². The zero-order chi connectivity index (χ0) is 13.7. The summed E-state index contributed by atoms with van der Waals surface area (Å²) in [7, 11) is 0. The summed E-state index contributed by atoms with van der Waals surface area (Å²) < 4.78 is 5.42. The second-order valence-corrected chi connectivity index (χ2v) is 4.48. The lowest BCUT2D eigenvalue weighted by molar-refractivity contribution is -0.385. The molecule has 6 heteroatoms. The summed E-state index contributed by atoms with van der Waals surface area (Å²) in [4.78, 5) is 10.6. The SMILES string of the molecule is C=C(Cl)CNc1cccc(OC(C)C)c1[N+](=O)[O-]. The van der Waals surface area contributed by atoms with Crippen LogP contribution >= 0.6 is 11.6 Å². The van der Waals surface area contributed by atoms with Crippen LogP contribution in [0.2, 0.25) is 0 Å². The van der Waals surface area contributed by atoms with Gasteiger partial charge >= 0.3 is 5.69 Å². The number of nitro groups is 1. The van der Waals surface area contributed by atoms with Gasteiger partial charge in [-0.05, 0) is 26.0 Å². The first-order valence-corrected chi connectivity index (χ1v) is 5.80. The molecule has 0 spiro atoms. The van der Waals surface area contributed by atoms with E-state index in [1.165, 1.54) is 0 Å². The molecule has 0 amide bonds. The van der Waals surface area contributed by atoms with Crippen LogP contribution in [-0.2, 0) is 0 Å². The molecule has 0 aliphatic rings. The molecule has 18 heavy (non-hydrogen) atoms. The third kappa shape index (κ3) is 3.92. The minimum absolute atomic E-state index is 0.0934. The number of halogens is 1. The fourth-order valence-corrected chi connectivity index (χ4v) is 1.46. The molecule has 0 radical (unpaired) electrons. The Labute approximate surface area is 111 Å². The number of ether oxygens (including phenoxy) is 1. The fourth-order valence-electron chi connectivity index (χ4n) is 1.39. The zero-order valence-electron chi connectivity index (χ0n) is 10.3. The number of benzene rings is 1. The summed E-state index contributed by atoms with van der Waals surface area (Å²) in [6, 6.07) is 4.86. The molecule has 1 rings (SSSR count). The molecule has 0 aliphatic heterocycles. The van der Waals surface area contributed by atoms with Crippen molar-refractivity contribution < 1.29 is 9.66 Å². The Hall–Kier alpha value is -1.75. The van der Waals surface area contributed by atoms with Crippen LogP contribution < -0.4 is 10.1 Å². The molecule has 5 nitrogen and oxygen atoms in total. The highest BCUT2D eigenvalue weighted by molar-refractivity contribution is 6.29. The second kappa shape index (κ2) is 6.26. The molecule has 1 aromatic carbocycles. The number of nitrogens with one attached hydrogen (secondary N) is 1. The van der Waals surface area contributed by atoms with Crippen molar-refractivity contribution in [2.45, 2.75) is 20.0 Å².